The molecule has 0 fully saturated rings. The van der Waals surface area contributed by atoms with Gasteiger partial charge in [-0.3, -0.25) is 0 Å². The minimum Gasteiger partial charge on any atom is -0.403 e. The van der Waals surface area contributed by atoms with E-state index in [0.29, 0.717) is 33.5 Å². The zero-order valence-corrected chi connectivity index (χ0v) is 17.4. The van der Waals surface area contributed by atoms with Crippen LogP contribution in [0.15, 0.2) is 30.5 Å². The summed E-state index contributed by atoms with van der Waals surface area (Å²) in [6, 6.07) is 7.50. The number of aliphatic hydroxyl groups is 1. The van der Waals surface area contributed by atoms with Crippen LogP contribution < -0.4 is 11.6 Å². The number of nitrogens with two attached hydrogens (primary N) is 2. The molecule has 1 aliphatic rings. The first kappa shape index (κ1) is 22.7. The van der Waals surface area contributed by atoms with E-state index in [1.807, 2.05) is 6.07 Å². The monoisotopic (exact) mass is 430 g/mol. The molecule has 0 bridgehead atoms. The van der Waals surface area contributed by atoms with Crippen LogP contribution in [0, 0.1) is 17.1 Å². The molecule has 0 spiro atoms. The molecule has 164 valence electrons. The molecule has 3 atom stereocenters. The molecule has 0 saturated heterocycles. The van der Waals surface area contributed by atoms with Crippen molar-refractivity contribution in [3.8, 4) is 6.07 Å². The van der Waals surface area contributed by atoms with Crippen molar-refractivity contribution in [3.63, 3.8) is 0 Å². The van der Waals surface area contributed by atoms with E-state index in [9.17, 15) is 23.5 Å². The fraction of sp³-hybridized carbons (Fsp3) is 0.348. The number of aliphatic hydroxyl groups excluding tert-OH is 1. The number of fused-ring (bicyclic) bond motifs is 1. The van der Waals surface area contributed by atoms with Gasteiger partial charge in [0, 0.05) is 25.2 Å². The minimum atomic E-state index is -1.52. The molecule has 0 heterocycles. The van der Waals surface area contributed by atoms with Gasteiger partial charge in [0.15, 0.2) is 0 Å². The topological polar surface area (TPSA) is 99.3 Å². The molecule has 3 rings (SSSR count). The van der Waals surface area contributed by atoms with Gasteiger partial charge in [0.1, 0.15) is 24.3 Å². The molecular weight excluding hydrogens is 405 g/mol. The molecule has 5 N–H and O–H groups in total. The molecule has 1 aliphatic carbocycles. The van der Waals surface area contributed by atoms with Crippen LogP contribution in [0.3, 0.4) is 0 Å². The van der Waals surface area contributed by atoms with Gasteiger partial charge in [-0.2, -0.15) is 5.26 Å². The number of hydrazine groups is 1. The van der Waals surface area contributed by atoms with Crippen molar-refractivity contribution in [1.29, 1.82) is 5.26 Å². The zero-order chi connectivity index (χ0) is 22.9. The van der Waals surface area contributed by atoms with Gasteiger partial charge in [-0.15, -0.1) is 0 Å². The standard InChI is InChI=1S/C23H25F3N4O/c1-3-19(25)18-8-14(24)6-13(10-27)16(18)7-12-4-5-15(21(11-28)30(2)29)22-17(12)9-20(26)23(22)31/h4-6,8,11,19-20,23,31H,3,7,9,28-29H2,1-2H3/b21-11-. The summed E-state index contributed by atoms with van der Waals surface area (Å²) in [4.78, 5) is 0. The number of rotatable bonds is 6. The Morgan fingerprint density at radius 2 is 2.13 bits per heavy atom. The average molecular weight is 430 g/mol. The average Bonchev–Trinajstić information content (AvgIpc) is 3.04. The molecule has 2 aromatic carbocycles. The first-order chi connectivity index (χ1) is 14.7. The van der Waals surface area contributed by atoms with Gasteiger partial charge in [0.25, 0.3) is 0 Å². The molecule has 0 amide bonds. The molecule has 0 aromatic heterocycles. The minimum absolute atomic E-state index is 0.0310. The lowest BCUT2D eigenvalue weighted by molar-refractivity contribution is 0.0923. The Balaban J connectivity index is 2.19. The second kappa shape index (κ2) is 9.00. The first-order valence-electron chi connectivity index (χ1n) is 9.97. The van der Waals surface area contributed by atoms with E-state index >= 15 is 0 Å². The zero-order valence-electron chi connectivity index (χ0n) is 17.4. The Bertz CT molecular complexity index is 1060. The van der Waals surface area contributed by atoms with Crippen molar-refractivity contribution < 1.29 is 18.3 Å². The van der Waals surface area contributed by atoms with Crippen molar-refractivity contribution in [2.45, 2.75) is 44.6 Å². The lowest BCUT2D eigenvalue weighted by Gasteiger charge is -2.22. The second-order valence-corrected chi connectivity index (χ2v) is 7.68. The van der Waals surface area contributed by atoms with Crippen LogP contribution in [-0.2, 0) is 12.8 Å². The summed E-state index contributed by atoms with van der Waals surface area (Å²) in [6.45, 7) is 1.63. The highest BCUT2D eigenvalue weighted by Gasteiger charge is 2.36. The van der Waals surface area contributed by atoms with Crippen LogP contribution in [0.5, 0.6) is 0 Å². The largest absolute Gasteiger partial charge is 0.403 e. The molecule has 0 aliphatic heterocycles. The van der Waals surface area contributed by atoms with Gasteiger partial charge in [-0.25, -0.2) is 19.0 Å². The smallest absolute Gasteiger partial charge is 0.134 e. The van der Waals surface area contributed by atoms with Crippen LogP contribution in [0.1, 0.15) is 64.6 Å². The molecule has 31 heavy (non-hydrogen) atoms. The molecular formula is C23H25F3N4O. The molecule has 5 nitrogen and oxygen atoms in total. The molecule has 0 radical (unpaired) electrons. The second-order valence-electron chi connectivity index (χ2n) is 7.68. The third-order valence-corrected chi connectivity index (χ3v) is 5.74. The van der Waals surface area contributed by atoms with E-state index in [2.05, 4.69) is 0 Å². The van der Waals surface area contributed by atoms with Crippen molar-refractivity contribution in [1.82, 2.24) is 5.01 Å². The summed E-state index contributed by atoms with van der Waals surface area (Å²) in [6.07, 6.45) is -2.89. The summed E-state index contributed by atoms with van der Waals surface area (Å²) >= 11 is 0. The Kier molecular flexibility index (Phi) is 6.58. The van der Waals surface area contributed by atoms with Gasteiger partial charge >= 0.3 is 0 Å². The number of alkyl halides is 2. The summed E-state index contributed by atoms with van der Waals surface area (Å²) in [5, 5.41) is 21.3. The van der Waals surface area contributed by atoms with Crippen LogP contribution >= 0.6 is 0 Å². The molecule has 0 saturated carbocycles. The maximum Gasteiger partial charge on any atom is 0.134 e. The van der Waals surface area contributed by atoms with Gasteiger partial charge < -0.3 is 15.8 Å². The van der Waals surface area contributed by atoms with Crippen LogP contribution in [-0.4, -0.2) is 23.3 Å². The predicted octanol–water partition coefficient (Wildman–Crippen LogP) is 3.70. The Hall–Kier alpha value is -3.02. The number of nitriles is 1. The fourth-order valence-electron chi connectivity index (χ4n) is 4.21. The molecule has 2 aromatic rings. The predicted molar refractivity (Wildman–Crippen MR) is 112 cm³/mol. The fourth-order valence-corrected chi connectivity index (χ4v) is 4.21. The Morgan fingerprint density at radius 1 is 1.42 bits per heavy atom. The molecule has 8 heteroatoms. The third kappa shape index (κ3) is 4.11. The highest BCUT2D eigenvalue weighted by atomic mass is 19.1. The summed E-state index contributed by atoms with van der Waals surface area (Å²) in [5.41, 5.74) is 8.65. The van der Waals surface area contributed by atoms with E-state index in [1.165, 1.54) is 11.2 Å². The number of nitrogens with zero attached hydrogens (tertiary/aromatic N) is 2. The summed E-state index contributed by atoms with van der Waals surface area (Å²) < 4.78 is 43.1. The van der Waals surface area contributed by atoms with E-state index in [1.54, 1.807) is 26.1 Å². The van der Waals surface area contributed by atoms with Gasteiger partial charge in [-0.1, -0.05) is 19.1 Å². The third-order valence-electron chi connectivity index (χ3n) is 5.74. The van der Waals surface area contributed by atoms with Gasteiger partial charge in [-0.05, 0) is 52.8 Å². The first-order valence-corrected chi connectivity index (χ1v) is 9.97. The van der Waals surface area contributed by atoms with E-state index in [0.717, 1.165) is 12.1 Å². The number of benzene rings is 2. The highest BCUT2D eigenvalue weighted by molar-refractivity contribution is 5.70. The van der Waals surface area contributed by atoms with Gasteiger partial charge in [0.2, 0.25) is 0 Å². The Morgan fingerprint density at radius 3 is 2.71 bits per heavy atom. The van der Waals surface area contributed by atoms with Crippen molar-refractivity contribution in [2.75, 3.05) is 7.05 Å². The lowest BCUT2D eigenvalue weighted by Crippen LogP contribution is -2.26. The molecule has 3 unspecified atom stereocenters. The maximum atomic E-state index is 14.6. The highest BCUT2D eigenvalue weighted by Crippen LogP contribution is 2.41. The van der Waals surface area contributed by atoms with Crippen LogP contribution in [0.2, 0.25) is 0 Å². The maximum absolute atomic E-state index is 14.6. The summed E-state index contributed by atoms with van der Waals surface area (Å²) in [5.74, 6) is 5.15. The SMILES string of the molecule is CCC(F)c1cc(F)cc(C#N)c1Cc1ccc(/C(=C/N)N(C)N)c2c1CC(F)C2O. The van der Waals surface area contributed by atoms with E-state index in [4.69, 9.17) is 11.6 Å². The quantitative estimate of drug-likeness (QED) is 0.479. The van der Waals surface area contributed by atoms with Crippen molar-refractivity contribution in [2.24, 2.45) is 11.6 Å². The van der Waals surface area contributed by atoms with Crippen molar-refractivity contribution in [3.05, 3.63) is 75.2 Å². The van der Waals surface area contributed by atoms with Gasteiger partial charge in [0.05, 0.1) is 17.3 Å². The van der Waals surface area contributed by atoms with Crippen LogP contribution in [0.4, 0.5) is 13.2 Å². The van der Waals surface area contributed by atoms with Crippen LogP contribution in [0.25, 0.3) is 5.70 Å². The van der Waals surface area contributed by atoms with E-state index in [-0.39, 0.29) is 30.4 Å². The number of hydrogen-bond donors (Lipinski definition) is 3. The number of hydrogen-bond acceptors (Lipinski definition) is 5. The summed E-state index contributed by atoms with van der Waals surface area (Å²) in [7, 11) is 1.57. The Labute approximate surface area is 179 Å². The number of halogens is 3. The van der Waals surface area contributed by atoms with Crippen molar-refractivity contribution >= 4 is 5.70 Å². The van der Waals surface area contributed by atoms with E-state index < -0.39 is 24.3 Å². The normalized spacial score (nSPS) is 19.1. The lowest BCUT2D eigenvalue weighted by atomic mass is 9.88.